The van der Waals surface area contributed by atoms with E-state index in [1.165, 1.54) is 0 Å². The van der Waals surface area contributed by atoms with Gasteiger partial charge in [0.05, 0.1) is 30.8 Å². The van der Waals surface area contributed by atoms with Gasteiger partial charge in [0.15, 0.2) is 25.0 Å². The molecule has 6 atom stereocenters. The molecular formula is C26H56N2O5Si3. The van der Waals surface area contributed by atoms with E-state index in [2.05, 4.69) is 107 Å². The predicted molar refractivity (Wildman–Crippen MR) is 156 cm³/mol. The van der Waals surface area contributed by atoms with Gasteiger partial charge >= 0.3 is 0 Å². The number of rotatable bonds is 7. The monoisotopic (exact) mass is 560 g/mol. The molecule has 2 fully saturated rings. The van der Waals surface area contributed by atoms with Crippen molar-refractivity contribution in [3.8, 4) is 0 Å². The molecule has 3 N–H and O–H groups in total. The summed E-state index contributed by atoms with van der Waals surface area (Å²) in [7, 11) is -6.50. The number of hydrogen-bond acceptors (Lipinski definition) is 6. The van der Waals surface area contributed by atoms with E-state index in [0.717, 1.165) is 0 Å². The van der Waals surface area contributed by atoms with Crippen molar-refractivity contribution in [3.05, 3.63) is 0 Å². The Balaban J connectivity index is 2.56. The van der Waals surface area contributed by atoms with Crippen LogP contribution in [0.4, 0.5) is 0 Å². The molecule has 1 unspecified atom stereocenters. The first-order valence-corrected chi connectivity index (χ1v) is 22.3. The highest BCUT2D eigenvalue weighted by Gasteiger charge is 2.59. The summed E-state index contributed by atoms with van der Waals surface area (Å²) in [4.78, 5) is 12.7. The van der Waals surface area contributed by atoms with Gasteiger partial charge < -0.3 is 29.1 Å². The van der Waals surface area contributed by atoms with E-state index in [1.54, 1.807) is 0 Å². The summed E-state index contributed by atoms with van der Waals surface area (Å²) in [5.41, 5.74) is 6.48. The third-order valence-corrected chi connectivity index (χ3v) is 23.1. The molecule has 0 spiro atoms. The van der Waals surface area contributed by atoms with Crippen molar-refractivity contribution in [3.63, 3.8) is 0 Å². The number of nitrogens with one attached hydrogen (secondary N) is 1. The predicted octanol–water partition coefficient (Wildman–Crippen LogP) is 5.59. The molecule has 36 heavy (non-hydrogen) atoms. The molecule has 0 aromatic heterocycles. The van der Waals surface area contributed by atoms with Gasteiger partial charge in [-0.1, -0.05) is 62.3 Å². The van der Waals surface area contributed by atoms with Crippen molar-refractivity contribution in [1.29, 1.82) is 0 Å². The molecule has 0 aliphatic carbocycles. The Kier molecular flexibility index (Phi) is 9.06. The lowest BCUT2D eigenvalue weighted by atomic mass is 9.87. The zero-order valence-electron chi connectivity index (χ0n) is 25.8. The van der Waals surface area contributed by atoms with Gasteiger partial charge in [0.2, 0.25) is 5.91 Å². The molecule has 2 rings (SSSR count). The van der Waals surface area contributed by atoms with Crippen LogP contribution in [-0.2, 0) is 22.8 Å². The minimum Gasteiger partial charge on any atom is -0.414 e. The van der Waals surface area contributed by atoms with Crippen LogP contribution in [0.5, 0.6) is 0 Å². The Labute approximate surface area is 224 Å². The summed E-state index contributed by atoms with van der Waals surface area (Å²) < 4.78 is 27.5. The normalized spacial score (nSPS) is 30.8. The average molecular weight is 561 g/mol. The molecule has 7 nitrogen and oxygen atoms in total. The van der Waals surface area contributed by atoms with E-state index < -0.39 is 37.2 Å². The minimum absolute atomic E-state index is 0.00205. The number of amides is 1. The van der Waals surface area contributed by atoms with Gasteiger partial charge in [-0.2, -0.15) is 0 Å². The number of fused-ring (bicyclic) bond motifs is 1. The summed E-state index contributed by atoms with van der Waals surface area (Å²) in [6.07, 6.45) is -1.60. The Morgan fingerprint density at radius 1 is 0.778 bits per heavy atom. The lowest BCUT2D eigenvalue weighted by Gasteiger charge is -2.52. The highest BCUT2D eigenvalue weighted by Crippen LogP contribution is 2.46. The molecule has 0 saturated carbocycles. The van der Waals surface area contributed by atoms with Crippen molar-refractivity contribution in [1.82, 2.24) is 5.32 Å². The van der Waals surface area contributed by atoms with Crippen LogP contribution in [0.25, 0.3) is 0 Å². The molecule has 2 aliphatic heterocycles. The quantitative estimate of drug-likeness (QED) is 0.395. The third-order valence-electron chi connectivity index (χ3n) is 9.63. The average Bonchev–Trinajstić information content (AvgIpc) is 2.93. The highest BCUT2D eigenvalue weighted by atomic mass is 28.4. The van der Waals surface area contributed by atoms with Crippen LogP contribution < -0.4 is 11.1 Å². The smallest absolute Gasteiger partial charge is 0.239 e. The van der Waals surface area contributed by atoms with Crippen molar-refractivity contribution in [2.45, 2.75) is 147 Å². The third kappa shape index (κ3) is 6.55. The zero-order valence-corrected chi connectivity index (χ0v) is 28.8. The standard InChI is InChI=1S/C26H56N2O5Si3/c1-24(2,3)34(10,11)30-16-17-20(32-35(12,13)25(4,5)6)21(33-36(14,15)26(7,8)9)18-19(27)22(29)28-23(18)31-17/h17-21,23H,16,27H2,1-15H3,(H,28,29)/t17-,18-,19?,20-,21-,23+/m1/s1. The molecule has 0 aromatic carbocycles. The van der Waals surface area contributed by atoms with E-state index in [1.807, 2.05) is 0 Å². The molecular weight excluding hydrogens is 505 g/mol. The summed E-state index contributed by atoms with van der Waals surface area (Å²) >= 11 is 0. The van der Waals surface area contributed by atoms with E-state index in [0.29, 0.717) is 6.61 Å². The zero-order chi connectivity index (χ0) is 28.3. The first-order valence-electron chi connectivity index (χ1n) is 13.5. The first-order chi connectivity index (χ1) is 15.8. The molecule has 2 aliphatic rings. The fourth-order valence-corrected chi connectivity index (χ4v) is 7.52. The fourth-order valence-electron chi connectivity index (χ4n) is 3.86. The highest BCUT2D eigenvalue weighted by molar-refractivity contribution is 6.75. The topological polar surface area (TPSA) is 92.0 Å². The van der Waals surface area contributed by atoms with Gasteiger partial charge in [0.1, 0.15) is 12.3 Å². The van der Waals surface area contributed by atoms with Crippen LogP contribution >= 0.6 is 0 Å². The summed E-state index contributed by atoms with van der Waals surface area (Å²) in [6, 6.07) is -0.697. The lowest BCUT2D eigenvalue weighted by molar-refractivity contribution is -0.197. The van der Waals surface area contributed by atoms with Crippen LogP contribution in [0.2, 0.25) is 54.4 Å². The van der Waals surface area contributed by atoms with Crippen molar-refractivity contribution < 1.29 is 22.8 Å². The van der Waals surface area contributed by atoms with Crippen LogP contribution in [-0.4, -0.2) is 68.0 Å². The van der Waals surface area contributed by atoms with Crippen LogP contribution in [0, 0.1) is 5.92 Å². The molecule has 10 heteroatoms. The maximum Gasteiger partial charge on any atom is 0.239 e. The van der Waals surface area contributed by atoms with Crippen molar-refractivity contribution in [2.24, 2.45) is 11.7 Å². The number of carbonyl (C=O) groups is 1. The molecule has 0 radical (unpaired) electrons. The van der Waals surface area contributed by atoms with Gasteiger partial charge in [0, 0.05) is 0 Å². The lowest BCUT2D eigenvalue weighted by Crippen LogP contribution is -2.66. The Bertz CT molecular complexity index is 799. The molecule has 0 bridgehead atoms. The number of nitrogens with two attached hydrogens (primary N) is 1. The molecule has 1 amide bonds. The molecule has 0 aromatic rings. The second-order valence-corrected chi connectivity index (χ2v) is 29.8. The molecule has 212 valence electrons. The van der Waals surface area contributed by atoms with E-state index >= 15 is 0 Å². The van der Waals surface area contributed by atoms with E-state index in [9.17, 15) is 4.79 Å². The number of ether oxygens (including phenoxy) is 1. The number of carbonyl (C=O) groups excluding carboxylic acids is 1. The van der Waals surface area contributed by atoms with E-state index in [-0.39, 0.29) is 45.3 Å². The Morgan fingerprint density at radius 3 is 1.61 bits per heavy atom. The van der Waals surface area contributed by atoms with Gasteiger partial charge in [0.25, 0.3) is 0 Å². The van der Waals surface area contributed by atoms with Crippen LogP contribution in [0.3, 0.4) is 0 Å². The summed E-state index contributed by atoms with van der Waals surface area (Å²) in [6.45, 7) is 34.0. The molecule has 2 heterocycles. The second kappa shape index (κ2) is 10.1. The van der Waals surface area contributed by atoms with Gasteiger partial charge in [-0.05, 0) is 54.4 Å². The largest absolute Gasteiger partial charge is 0.414 e. The van der Waals surface area contributed by atoms with Gasteiger partial charge in [-0.3, -0.25) is 4.79 Å². The van der Waals surface area contributed by atoms with Gasteiger partial charge in [-0.25, -0.2) is 0 Å². The summed E-state index contributed by atoms with van der Waals surface area (Å²) in [5.74, 6) is -0.503. The van der Waals surface area contributed by atoms with Crippen molar-refractivity contribution >= 4 is 30.9 Å². The number of hydrogen-bond donors (Lipinski definition) is 2. The fraction of sp³-hybridized carbons (Fsp3) is 0.962. The van der Waals surface area contributed by atoms with Crippen LogP contribution in [0.1, 0.15) is 62.3 Å². The van der Waals surface area contributed by atoms with E-state index in [4.69, 9.17) is 23.7 Å². The first kappa shape index (κ1) is 32.1. The van der Waals surface area contributed by atoms with Crippen LogP contribution in [0.15, 0.2) is 0 Å². The maximum absolute atomic E-state index is 12.7. The van der Waals surface area contributed by atoms with Crippen molar-refractivity contribution in [2.75, 3.05) is 6.61 Å². The second-order valence-electron chi connectivity index (χ2n) is 15.5. The molecule has 2 saturated heterocycles. The Hall–Kier alpha value is -0.0794. The van der Waals surface area contributed by atoms with Gasteiger partial charge in [-0.15, -0.1) is 0 Å². The SMILES string of the molecule is CC(C)(C)[Si](C)(C)OC[C@H]1O[C@@H]2NC(=O)C(N)[C@@H]2[C@@H](O[Si](C)(C)C(C)(C)C)[C@@H]1O[Si](C)(C)C(C)(C)C. The summed E-state index contributed by atoms with van der Waals surface area (Å²) in [5, 5.41) is 3.06. The maximum atomic E-state index is 12.7. The minimum atomic E-state index is -2.23. The Morgan fingerprint density at radius 2 is 1.19 bits per heavy atom.